The van der Waals surface area contributed by atoms with Crippen molar-refractivity contribution in [3.63, 3.8) is 0 Å². The lowest BCUT2D eigenvalue weighted by Crippen LogP contribution is -2.27. The molecular formula is C18H15N5O2. The number of nitriles is 1. The number of phenolic OH excluding ortho intramolecular Hbond substituents is 1. The van der Waals surface area contributed by atoms with Gasteiger partial charge in [0.2, 0.25) is 5.95 Å². The molecule has 1 atom stereocenters. The fourth-order valence-electron chi connectivity index (χ4n) is 3.16. The first-order valence-electron chi connectivity index (χ1n) is 7.64. The summed E-state index contributed by atoms with van der Waals surface area (Å²) in [6.45, 7) is 0. The summed E-state index contributed by atoms with van der Waals surface area (Å²) >= 11 is 0. The number of ether oxygens (including phenoxy) is 1. The predicted octanol–water partition coefficient (Wildman–Crippen LogP) is 2.46. The first-order valence-corrected chi connectivity index (χ1v) is 7.64. The zero-order chi connectivity index (χ0) is 17.6. The third-order valence-electron chi connectivity index (χ3n) is 4.30. The molecule has 4 N–H and O–H groups in total. The number of aromatic nitrogens is 2. The smallest absolute Gasteiger partial charge is 0.210 e. The van der Waals surface area contributed by atoms with E-state index in [9.17, 15) is 10.4 Å². The van der Waals surface area contributed by atoms with Crippen molar-refractivity contribution in [2.45, 2.75) is 6.04 Å². The van der Waals surface area contributed by atoms with Crippen molar-refractivity contribution in [3.05, 3.63) is 59.4 Å². The Morgan fingerprint density at radius 1 is 1.32 bits per heavy atom. The van der Waals surface area contributed by atoms with E-state index in [0.717, 1.165) is 16.6 Å². The molecule has 0 amide bonds. The molecule has 0 aliphatic carbocycles. The number of hydrogen-bond acceptors (Lipinski definition) is 6. The summed E-state index contributed by atoms with van der Waals surface area (Å²) in [5, 5.41) is 22.5. The first-order chi connectivity index (χ1) is 12.1. The van der Waals surface area contributed by atoms with Crippen LogP contribution in [0.2, 0.25) is 0 Å². The molecule has 25 heavy (non-hydrogen) atoms. The second kappa shape index (κ2) is 5.46. The van der Waals surface area contributed by atoms with Crippen LogP contribution in [0.3, 0.4) is 0 Å². The largest absolute Gasteiger partial charge is 0.504 e. The standard InChI is InChI=1S/C18H15N5O2/c1-25-15-8-10(6-7-14(15)24)16-11(9-19)17(20)22-18-21-12-4-2-3-5-13(12)23(16)18/h2-8,16,24H,20H2,1H3,(H,21,22). The summed E-state index contributed by atoms with van der Waals surface area (Å²) in [5.41, 5.74) is 8.88. The molecule has 4 rings (SSSR count). The molecule has 0 bridgehead atoms. The normalized spacial score (nSPS) is 16.2. The summed E-state index contributed by atoms with van der Waals surface area (Å²) in [4.78, 5) is 4.56. The van der Waals surface area contributed by atoms with E-state index in [-0.39, 0.29) is 11.6 Å². The van der Waals surface area contributed by atoms with Gasteiger partial charge in [-0.3, -0.25) is 4.57 Å². The number of methoxy groups -OCH3 is 1. The summed E-state index contributed by atoms with van der Waals surface area (Å²) in [6.07, 6.45) is 0. The SMILES string of the molecule is COc1cc(C2C(C#N)=C(N)Nc3nc4ccccc4n32)ccc1O. The van der Waals surface area contributed by atoms with E-state index in [0.29, 0.717) is 17.3 Å². The molecule has 7 heteroatoms. The molecule has 7 nitrogen and oxygen atoms in total. The molecule has 1 aliphatic heterocycles. The minimum absolute atomic E-state index is 0.0337. The minimum Gasteiger partial charge on any atom is -0.504 e. The van der Waals surface area contributed by atoms with E-state index in [2.05, 4.69) is 16.4 Å². The van der Waals surface area contributed by atoms with Crippen molar-refractivity contribution in [1.82, 2.24) is 9.55 Å². The number of nitrogens with two attached hydrogens (primary N) is 1. The lowest BCUT2D eigenvalue weighted by Gasteiger charge is -2.27. The molecule has 0 saturated carbocycles. The number of para-hydroxylation sites is 2. The maximum absolute atomic E-state index is 9.88. The van der Waals surface area contributed by atoms with Crippen LogP contribution in [0.15, 0.2) is 53.9 Å². The summed E-state index contributed by atoms with van der Waals surface area (Å²) in [5.74, 6) is 1.20. The Morgan fingerprint density at radius 3 is 2.88 bits per heavy atom. The van der Waals surface area contributed by atoms with Crippen LogP contribution in [-0.2, 0) is 0 Å². The van der Waals surface area contributed by atoms with Crippen LogP contribution in [0, 0.1) is 11.3 Å². The number of aromatic hydroxyl groups is 1. The van der Waals surface area contributed by atoms with Crippen molar-refractivity contribution < 1.29 is 9.84 Å². The third-order valence-corrected chi connectivity index (χ3v) is 4.30. The molecule has 2 heterocycles. The number of nitrogens with one attached hydrogen (secondary N) is 1. The van der Waals surface area contributed by atoms with Crippen LogP contribution in [0.25, 0.3) is 11.0 Å². The van der Waals surface area contributed by atoms with Crippen molar-refractivity contribution in [2.24, 2.45) is 5.73 Å². The zero-order valence-electron chi connectivity index (χ0n) is 13.4. The van der Waals surface area contributed by atoms with Crippen molar-refractivity contribution >= 4 is 17.0 Å². The average Bonchev–Trinajstić information content (AvgIpc) is 2.98. The Bertz CT molecular complexity index is 1060. The number of fused-ring (bicyclic) bond motifs is 3. The molecule has 0 fully saturated rings. The Hall–Kier alpha value is -3.66. The van der Waals surface area contributed by atoms with Gasteiger partial charge in [0.25, 0.3) is 0 Å². The summed E-state index contributed by atoms with van der Waals surface area (Å²) < 4.78 is 7.14. The molecule has 0 spiro atoms. The third kappa shape index (κ3) is 2.16. The fourth-order valence-corrected chi connectivity index (χ4v) is 3.16. The number of allylic oxidation sites excluding steroid dienone is 1. The topological polar surface area (TPSA) is 109 Å². The van der Waals surface area contributed by atoms with Crippen LogP contribution in [0.5, 0.6) is 11.5 Å². The van der Waals surface area contributed by atoms with Gasteiger partial charge in [-0.2, -0.15) is 5.26 Å². The van der Waals surface area contributed by atoms with Gasteiger partial charge in [0.15, 0.2) is 11.5 Å². The quantitative estimate of drug-likeness (QED) is 0.664. The highest BCUT2D eigenvalue weighted by Gasteiger charge is 2.31. The molecule has 1 aliphatic rings. The van der Waals surface area contributed by atoms with Gasteiger partial charge in [0, 0.05) is 0 Å². The van der Waals surface area contributed by atoms with Crippen molar-refractivity contribution in [1.29, 1.82) is 5.26 Å². The number of phenols is 1. The van der Waals surface area contributed by atoms with Gasteiger partial charge < -0.3 is 20.9 Å². The van der Waals surface area contributed by atoms with E-state index in [1.807, 2.05) is 28.8 Å². The molecular weight excluding hydrogens is 318 g/mol. The minimum atomic E-state index is -0.469. The van der Waals surface area contributed by atoms with Crippen LogP contribution in [-0.4, -0.2) is 21.8 Å². The number of imidazole rings is 1. The molecule has 0 saturated heterocycles. The number of anilines is 1. The van der Waals surface area contributed by atoms with Gasteiger partial charge in [-0.1, -0.05) is 18.2 Å². The van der Waals surface area contributed by atoms with Crippen LogP contribution < -0.4 is 15.8 Å². The molecule has 0 radical (unpaired) electrons. The highest BCUT2D eigenvalue weighted by Crippen LogP contribution is 2.40. The van der Waals surface area contributed by atoms with Crippen LogP contribution in [0.4, 0.5) is 5.95 Å². The highest BCUT2D eigenvalue weighted by molar-refractivity contribution is 5.80. The molecule has 124 valence electrons. The van der Waals surface area contributed by atoms with E-state index < -0.39 is 6.04 Å². The monoisotopic (exact) mass is 333 g/mol. The van der Waals surface area contributed by atoms with E-state index in [1.165, 1.54) is 7.11 Å². The van der Waals surface area contributed by atoms with Gasteiger partial charge >= 0.3 is 0 Å². The maximum Gasteiger partial charge on any atom is 0.210 e. The Labute approximate surface area is 143 Å². The Morgan fingerprint density at radius 2 is 2.12 bits per heavy atom. The van der Waals surface area contributed by atoms with Crippen molar-refractivity contribution in [2.75, 3.05) is 12.4 Å². The number of benzene rings is 2. The van der Waals surface area contributed by atoms with Gasteiger partial charge in [-0.25, -0.2) is 4.98 Å². The molecule has 1 unspecified atom stereocenters. The molecule has 1 aromatic heterocycles. The van der Waals surface area contributed by atoms with E-state index in [4.69, 9.17) is 10.5 Å². The average molecular weight is 333 g/mol. The highest BCUT2D eigenvalue weighted by atomic mass is 16.5. The number of nitrogens with zero attached hydrogens (tertiary/aromatic N) is 3. The maximum atomic E-state index is 9.88. The molecule has 2 aromatic carbocycles. The van der Waals surface area contributed by atoms with Gasteiger partial charge in [0.05, 0.1) is 23.7 Å². The lowest BCUT2D eigenvalue weighted by molar-refractivity contribution is 0.372. The number of hydrogen-bond donors (Lipinski definition) is 3. The van der Waals surface area contributed by atoms with Crippen LogP contribution in [0.1, 0.15) is 11.6 Å². The van der Waals surface area contributed by atoms with Gasteiger partial charge in [-0.05, 0) is 29.8 Å². The predicted molar refractivity (Wildman–Crippen MR) is 93.0 cm³/mol. The summed E-state index contributed by atoms with van der Waals surface area (Å²) in [7, 11) is 1.48. The molecule has 3 aromatic rings. The first kappa shape index (κ1) is 14.9. The second-order valence-corrected chi connectivity index (χ2v) is 5.69. The fraction of sp³-hybridized carbons (Fsp3) is 0.111. The van der Waals surface area contributed by atoms with Crippen molar-refractivity contribution in [3.8, 4) is 17.6 Å². The Balaban J connectivity index is 2.01. The van der Waals surface area contributed by atoms with Gasteiger partial charge in [-0.15, -0.1) is 0 Å². The second-order valence-electron chi connectivity index (χ2n) is 5.69. The van der Waals surface area contributed by atoms with Crippen LogP contribution >= 0.6 is 0 Å². The van der Waals surface area contributed by atoms with Gasteiger partial charge in [0.1, 0.15) is 17.9 Å². The number of rotatable bonds is 2. The summed E-state index contributed by atoms with van der Waals surface area (Å²) in [6, 6.07) is 14.4. The van der Waals surface area contributed by atoms with E-state index >= 15 is 0 Å². The lowest BCUT2D eigenvalue weighted by atomic mass is 9.97. The Kier molecular flexibility index (Phi) is 3.25. The van der Waals surface area contributed by atoms with E-state index in [1.54, 1.807) is 18.2 Å². The zero-order valence-corrected chi connectivity index (χ0v) is 13.4.